The van der Waals surface area contributed by atoms with Gasteiger partial charge in [-0.2, -0.15) is 0 Å². The average Bonchev–Trinajstić information content (AvgIpc) is 3.34. The number of benzene rings is 2. The van der Waals surface area contributed by atoms with Gasteiger partial charge in [0.15, 0.2) is 11.5 Å². The van der Waals surface area contributed by atoms with Crippen molar-refractivity contribution >= 4 is 28.7 Å². The van der Waals surface area contributed by atoms with E-state index in [-0.39, 0.29) is 11.3 Å². The maximum Gasteiger partial charge on any atom is 0.255 e. The third-order valence-electron chi connectivity index (χ3n) is 5.73. The summed E-state index contributed by atoms with van der Waals surface area (Å²) in [6.45, 7) is 6.46. The van der Waals surface area contributed by atoms with E-state index < -0.39 is 0 Å². The Hall–Kier alpha value is -4.52. The molecule has 0 spiro atoms. The van der Waals surface area contributed by atoms with Crippen molar-refractivity contribution in [1.82, 2.24) is 19.4 Å². The number of anilines is 3. The number of carbonyl (C=O) groups excluding carboxylic acids is 1. The second-order valence-corrected chi connectivity index (χ2v) is 9.36. The largest absolute Gasteiger partial charge is 0.336 e. The molecule has 0 unspecified atom stereocenters. The first-order chi connectivity index (χ1) is 16.9. The molecule has 3 heterocycles. The molecule has 3 aromatic heterocycles. The second kappa shape index (κ2) is 9.02. The number of pyridine rings is 1. The van der Waals surface area contributed by atoms with Crippen LogP contribution in [0.1, 0.15) is 36.7 Å². The van der Waals surface area contributed by atoms with Gasteiger partial charge < -0.3 is 15.0 Å². The number of carbonyl (C=O) groups is 1. The van der Waals surface area contributed by atoms with Crippen molar-refractivity contribution in [3.05, 3.63) is 103 Å². The molecular weight excluding hydrogens is 436 g/mol. The summed E-state index contributed by atoms with van der Waals surface area (Å²) >= 11 is 0. The summed E-state index contributed by atoms with van der Waals surface area (Å²) in [6.07, 6.45) is 8.98. The van der Waals surface area contributed by atoms with Crippen LogP contribution in [0.5, 0.6) is 0 Å². The predicted octanol–water partition coefficient (Wildman–Crippen LogP) is 6.08. The number of nitrogens with one attached hydrogen (secondary N) is 2. The first-order valence-corrected chi connectivity index (χ1v) is 11.4. The lowest BCUT2D eigenvalue weighted by molar-refractivity contribution is 0.102. The van der Waals surface area contributed by atoms with Crippen LogP contribution in [0.25, 0.3) is 16.9 Å². The fraction of sp³-hybridized carbons (Fsp3) is 0.143. The minimum atomic E-state index is -0.153. The zero-order valence-corrected chi connectivity index (χ0v) is 19.9. The smallest absolute Gasteiger partial charge is 0.255 e. The van der Waals surface area contributed by atoms with Crippen molar-refractivity contribution in [2.75, 3.05) is 10.6 Å². The number of hydrogen-bond acceptors (Lipinski definition) is 5. The van der Waals surface area contributed by atoms with Gasteiger partial charge >= 0.3 is 0 Å². The van der Waals surface area contributed by atoms with Crippen LogP contribution in [-0.2, 0) is 5.41 Å². The van der Waals surface area contributed by atoms with E-state index in [1.54, 1.807) is 18.6 Å². The topological polar surface area (TPSA) is 84.2 Å². The maximum absolute atomic E-state index is 12.9. The van der Waals surface area contributed by atoms with Gasteiger partial charge in [-0.05, 0) is 47.4 Å². The lowest BCUT2D eigenvalue weighted by Crippen LogP contribution is -2.14. The van der Waals surface area contributed by atoms with Gasteiger partial charge in [0.05, 0.1) is 17.6 Å². The summed E-state index contributed by atoms with van der Waals surface area (Å²) in [6, 6.07) is 19.2. The number of imidazole rings is 1. The molecule has 0 bridgehead atoms. The minimum Gasteiger partial charge on any atom is -0.336 e. The molecule has 2 N–H and O–H groups in total. The van der Waals surface area contributed by atoms with E-state index in [9.17, 15) is 4.79 Å². The van der Waals surface area contributed by atoms with E-state index in [2.05, 4.69) is 41.4 Å². The quantitative estimate of drug-likeness (QED) is 0.330. The van der Waals surface area contributed by atoms with Gasteiger partial charge in [-0.15, -0.1) is 0 Å². The first kappa shape index (κ1) is 22.3. The molecule has 0 atom stereocenters. The van der Waals surface area contributed by atoms with E-state index >= 15 is 0 Å². The molecule has 174 valence electrons. The normalized spacial score (nSPS) is 11.4. The fourth-order valence-corrected chi connectivity index (χ4v) is 3.81. The standard InChI is InChI=1S/C28H26N6O/c1-28(2,3)21-11-9-19(10-12-21)27(35)32-22-7-4-6-20(16-22)24-18-34-15-14-30-26(34)25(33-24)31-23-8-5-13-29-17-23/h4-18H,1-3H3,(H,31,33)(H,32,35). The number of fused-ring (bicyclic) bond motifs is 1. The van der Waals surface area contributed by atoms with Crippen LogP contribution in [0.15, 0.2) is 91.6 Å². The minimum absolute atomic E-state index is 0.0391. The van der Waals surface area contributed by atoms with Gasteiger partial charge in [0.1, 0.15) is 0 Å². The molecule has 7 nitrogen and oxygen atoms in total. The molecular formula is C28H26N6O. The number of rotatable bonds is 5. The van der Waals surface area contributed by atoms with Gasteiger partial charge in [-0.3, -0.25) is 9.78 Å². The van der Waals surface area contributed by atoms with E-state index in [1.165, 1.54) is 5.56 Å². The van der Waals surface area contributed by atoms with E-state index in [0.717, 1.165) is 16.9 Å². The van der Waals surface area contributed by atoms with Gasteiger partial charge in [-0.1, -0.05) is 45.0 Å². The third-order valence-corrected chi connectivity index (χ3v) is 5.73. The fourth-order valence-electron chi connectivity index (χ4n) is 3.81. The molecule has 0 radical (unpaired) electrons. The number of aromatic nitrogens is 4. The SMILES string of the molecule is CC(C)(C)c1ccc(C(=O)Nc2cccc(-c3cn4ccnc4c(Nc4cccnc4)n3)c2)cc1. The van der Waals surface area contributed by atoms with E-state index in [4.69, 9.17) is 4.98 Å². The Bertz CT molecular complexity index is 1480. The molecule has 0 fully saturated rings. The number of hydrogen-bond donors (Lipinski definition) is 2. The van der Waals surface area contributed by atoms with Crippen LogP contribution in [0.2, 0.25) is 0 Å². The highest BCUT2D eigenvalue weighted by Crippen LogP contribution is 2.27. The van der Waals surface area contributed by atoms with Gasteiger partial charge in [-0.25, -0.2) is 9.97 Å². The highest BCUT2D eigenvalue weighted by molar-refractivity contribution is 6.04. The van der Waals surface area contributed by atoms with Crippen LogP contribution in [-0.4, -0.2) is 25.3 Å². The zero-order chi connectivity index (χ0) is 24.4. The van der Waals surface area contributed by atoms with Crippen molar-refractivity contribution < 1.29 is 4.79 Å². The number of amides is 1. The van der Waals surface area contributed by atoms with Crippen molar-refractivity contribution in [2.45, 2.75) is 26.2 Å². The molecule has 0 saturated carbocycles. The first-order valence-electron chi connectivity index (χ1n) is 11.4. The summed E-state index contributed by atoms with van der Waals surface area (Å²) < 4.78 is 1.92. The molecule has 0 aliphatic carbocycles. The Balaban J connectivity index is 1.41. The van der Waals surface area contributed by atoms with Crippen molar-refractivity contribution in [3.63, 3.8) is 0 Å². The van der Waals surface area contributed by atoms with Crippen LogP contribution in [0, 0.1) is 0 Å². The Morgan fingerprint density at radius 3 is 2.49 bits per heavy atom. The Morgan fingerprint density at radius 1 is 0.943 bits per heavy atom. The second-order valence-electron chi connectivity index (χ2n) is 9.36. The molecule has 0 aliphatic rings. The number of nitrogens with zero attached hydrogens (tertiary/aromatic N) is 4. The third kappa shape index (κ3) is 4.89. The van der Waals surface area contributed by atoms with Crippen LogP contribution < -0.4 is 10.6 Å². The lowest BCUT2D eigenvalue weighted by atomic mass is 9.87. The van der Waals surface area contributed by atoms with Gasteiger partial charge in [0.2, 0.25) is 0 Å². The predicted molar refractivity (Wildman–Crippen MR) is 139 cm³/mol. The lowest BCUT2D eigenvalue weighted by Gasteiger charge is -2.19. The zero-order valence-electron chi connectivity index (χ0n) is 19.9. The monoisotopic (exact) mass is 462 g/mol. The Labute approximate surface area is 203 Å². The van der Waals surface area contributed by atoms with Gasteiger partial charge in [0, 0.05) is 41.6 Å². The van der Waals surface area contributed by atoms with Crippen LogP contribution in [0.3, 0.4) is 0 Å². The molecule has 5 aromatic rings. The Morgan fingerprint density at radius 2 is 1.74 bits per heavy atom. The van der Waals surface area contributed by atoms with Crippen molar-refractivity contribution in [2.24, 2.45) is 0 Å². The summed E-state index contributed by atoms with van der Waals surface area (Å²) in [4.78, 5) is 26.3. The molecule has 35 heavy (non-hydrogen) atoms. The van der Waals surface area contributed by atoms with E-state index in [0.29, 0.717) is 22.7 Å². The summed E-state index contributed by atoms with van der Waals surface area (Å²) in [5.41, 5.74) is 5.68. The maximum atomic E-state index is 12.9. The van der Waals surface area contributed by atoms with Crippen LogP contribution >= 0.6 is 0 Å². The molecule has 0 aliphatic heterocycles. The summed E-state index contributed by atoms with van der Waals surface area (Å²) in [5, 5.41) is 6.30. The van der Waals surface area contributed by atoms with Gasteiger partial charge in [0.25, 0.3) is 5.91 Å². The Kier molecular flexibility index (Phi) is 5.74. The molecule has 0 saturated heterocycles. The van der Waals surface area contributed by atoms with Crippen molar-refractivity contribution in [1.29, 1.82) is 0 Å². The average molecular weight is 463 g/mol. The highest BCUT2D eigenvalue weighted by atomic mass is 16.1. The molecule has 1 amide bonds. The van der Waals surface area contributed by atoms with Crippen LogP contribution in [0.4, 0.5) is 17.2 Å². The molecule has 5 rings (SSSR count). The molecule has 7 heteroatoms. The molecule has 2 aromatic carbocycles. The van der Waals surface area contributed by atoms with E-state index in [1.807, 2.05) is 77.5 Å². The van der Waals surface area contributed by atoms with Crippen molar-refractivity contribution in [3.8, 4) is 11.3 Å². The summed E-state index contributed by atoms with van der Waals surface area (Å²) in [5.74, 6) is 0.466. The summed E-state index contributed by atoms with van der Waals surface area (Å²) in [7, 11) is 0. The highest BCUT2D eigenvalue weighted by Gasteiger charge is 2.15.